The van der Waals surface area contributed by atoms with Gasteiger partial charge in [0.25, 0.3) is 0 Å². The molecule has 0 saturated heterocycles. The predicted octanol–water partition coefficient (Wildman–Crippen LogP) is 0.871. The number of hydrogen-bond donors (Lipinski definition) is 3. The molecule has 2 aromatic rings. The van der Waals surface area contributed by atoms with Gasteiger partial charge in [0.2, 0.25) is 0 Å². The zero-order valence-electron chi connectivity index (χ0n) is 8.44. The average Bonchev–Trinajstić information content (AvgIpc) is 2.80. The first-order chi connectivity index (χ1) is 7.79. The number of rotatable bonds is 3. The van der Waals surface area contributed by atoms with Crippen molar-refractivity contribution in [3.8, 4) is 6.07 Å². The SMILES string of the molecule is N#Cc1cnc(NCc2cnc[nH]2)c(N)c1. The van der Waals surface area contributed by atoms with Gasteiger partial charge in [0.05, 0.1) is 29.8 Å². The normalized spacial score (nSPS) is 9.69. The van der Waals surface area contributed by atoms with E-state index in [1.807, 2.05) is 6.07 Å². The van der Waals surface area contributed by atoms with E-state index in [9.17, 15) is 0 Å². The van der Waals surface area contributed by atoms with Gasteiger partial charge in [0, 0.05) is 12.4 Å². The second-order valence-corrected chi connectivity index (χ2v) is 3.20. The number of H-pyrrole nitrogens is 1. The molecule has 0 aliphatic carbocycles. The molecular weight excluding hydrogens is 204 g/mol. The van der Waals surface area contributed by atoms with Crippen LogP contribution in [-0.4, -0.2) is 15.0 Å². The first-order valence-electron chi connectivity index (χ1n) is 4.66. The minimum Gasteiger partial charge on any atom is -0.396 e. The fourth-order valence-electron chi connectivity index (χ4n) is 1.25. The quantitative estimate of drug-likeness (QED) is 0.703. The first kappa shape index (κ1) is 9.98. The van der Waals surface area contributed by atoms with Gasteiger partial charge in [0.1, 0.15) is 11.9 Å². The van der Waals surface area contributed by atoms with Gasteiger partial charge in [-0.05, 0) is 6.07 Å². The van der Waals surface area contributed by atoms with Crippen molar-refractivity contribution >= 4 is 11.5 Å². The van der Waals surface area contributed by atoms with E-state index in [1.54, 1.807) is 18.6 Å². The molecule has 6 heteroatoms. The van der Waals surface area contributed by atoms with E-state index in [1.165, 1.54) is 6.20 Å². The van der Waals surface area contributed by atoms with Gasteiger partial charge >= 0.3 is 0 Å². The van der Waals surface area contributed by atoms with Crippen molar-refractivity contribution in [2.75, 3.05) is 11.1 Å². The summed E-state index contributed by atoms with van der Waals surface area (Å²) in [6.07, 6.45) is 4.80. The molecular formula is C10H10N6. The molecule has 0 spiro atoms. The van der Waals surface area contributed by atoms with Crippen LogP contribution < -0.4 is 11.1 Å². The Morgan fingerprint density at radius 3 is 3.00 bits per heavy atom. The van der Waals surface area contributed by atoms with Crippen molar-refractivity contribution < 1.29 is 0 Å². The van der Waals surface area contributed by atoms with Crippen molar-refractivity contribution in [2.24, 2.45) is 0 Å². The summed E-state index contributed by atoms with van der Waals surface area (Å²) in [7, 11) is 0. The van der Waals surface area contributed by atoms with E-state index in [-0.39, 0.29) is 0 Å². The Balaban J connectivity index is 2.08. The Morgan fingerprint density at radius 1 is 1.50 bits per heavy atom. The first-order valence-corrected chi connectivity index (χ1v) is 4.66. The summed E-state index contributed by atoms with van der Waals surface area (Å²) in [4.78, 5) is 10.9. The zero-order chi connectivity index (χ0) is 11.4. The van der Waals surface area contributed by atoms with Gasteiger partial charge in [-0.1, -0.05) is 0 Å². The summed E-state index contributed by atoms with van der Waals surface area (Å²) in [5.74, 6) is 0.564. The summed E-state index contributed by atoms with van der Waals surface area (Å²) in [6, 6.07) is 3.56. The summed E-state index contributed by atoms with van der Waals surface area (Å²) >= 11 is 0. The number of nitrogen functional groups attached to an aromatic ring is 1. The highest BCUT2D eigenvalue weighted by Gasteiger charge is 2.02. The van der Waals surface area contributed by atoms with Gasteiger partial charge in [-0.25, -0.2) is 9.97 Å². The maximum absolute atomic E-state index is 8.65. The molecule has 0 atom stereocenters. The van der Waals surface area contributed by atoms with Crippen LogP contribution in [0.5, 0.6) is 0 Å². The summed E-state index contributed by atoms with van der Waals surface area (Å²) in [6.45, 7) is 0.559. The Morgan fingerprint density at radius 2 is 2.38 bits per heavy atom. The number of nitrogens with zero attached hydrogens (tertiary/aromatic N) is 3. The number of imidazole rings is 1. The predicted molar refractivity (Wildman–Crippen MR) is 59.3 cm³/mol. The molecule has 2 aromatic heterocycles. The largest absolute Gasteiger partial charge is 0.396 e. The van der Waals surface area contributed by atoms with Crippen molar-refractivity contribution in [1.82, 2.24) is 15.0 Å². The van der Waals surface area contributed by atoms with Crippen LogP contribution in [0, 0.1) is 11.3 Å². The fourth-order valence-corrected chi connectivity index (χ4v) is 1.25. The van der Waals surface area contributed by atoms with Crippen molar-refractivity contribution in [3.05, 3.63) is 36.0 Å². The van der Waals surface area contributed by atoms with E-state index in [2.05, 4.69) is 20.3 Å². The van der Waals surface area contributed by atoms with Gasteiger partial charge < -0.3 is 16.0 Å². The lowest BCUT2D eigenvalue weighted by Crippen LogP contribution is -2.05. The molecule has 0 saturated carbocycles. The van der Waals surface area contributed by atoms with Gasteiger partial charge in [-0.15, -0.1) is 0 Å². The Kier molecular flexibility index (Phi) is 2.69. The van der Waals surface area contributed by atoms with Gasteiger partial charge in [-0.3, -0.25) is 0 Å². The number of hydrogen-bond acceptors (Lipinski definition) is 5. The third-order valence-corrected chi connectivity index (χ3v) is 2.05. The molecule has 6 nitrogen and oxygen atoms in total. The molecule has 16 heavy (non-hydrogen) atoms. The number of anilines is 2. The Labute approximate surface area is 92.1 Å². The van der Waals surface area contributed by atoms with E-state index in [4.69, 9.17) is 11.0 Å². The fraction of sp³-hybridized carbons (Fsp3) is 0.100. The molecule has 0 fully saturated rings. The Bertz CT molecular complexity index is 511. The number of pyridine rings is 1. The maximum Gasteiger partial charge on any atom is 0.149 e. The van der Waals surface area contributed by atoms with Crippen LogP contribution in [-0.2, 0) is 6.54 Å². The van der Waals surface area contributed by atoms with Gasteiger partial charge in [0.15, 0.2) is 0 Å². The molecule has 0 amide bonds. The molecule has 80 valence electrons. The highest BCUT2D eigenvalue weighted by molar-refractivity contribution is 5.62. The van der Waals surface area contributed by atoms with Crippen LogP contribution in [0.1, 0.15) is 11.3 Å². The number of nitrogens with one attached hydrogen (secondary N) is 2. The lowest BCUT2D eigenvalue weighted by Gasteiger charge is -2.06. The van der Waals surface area contributed by atoms with Gasteiger partial charge in [-0.2, -0.15) is 5.26 Å². The highest BCUT2D eigenvalue weighted by Crippen LogP contribution is 2.16. The van der Waals surface area contributed by atoms with Crippen LogP contribution in [0.4, 0.5) is 11.5 Å². The summed E-state index contributed by atoms with van der Waals surface area (Å²) in [5.41, 5.74) is 7.58. The maximum atomic E-state index is 8.65. The molecule has 0 aromatic carbocycles. The minimum absolute atomic E-state index is 0.449. The van der Waals surface area contributed by atoms with Crippen LogP contribution in [0.15, 0.2) is 24.8 Å². The lowest BCUT2D eigenvalue weighted by atomic mass is 10.3. The van der Waals surface area contributed by atoms with Crippen molar-refractivity contribution in [3.63, 3.8) is 0 Å². The smallest absolute Gasteiger partial charge is 0.149 e. The summed E-state index contributed by atoms with van der Waals surface area (Å²) in [5, 5.41) is 11.7. The Hall–Kier alpha value is -2.55. The lowest BCUT2D eigenvalue weighted by molar-refractivity contribution is 1.05. The number of aromatic nitrogens is 3. The van der Waals surface area contributed by atoms with E-state index < -0.39 is 0 Å². The molecule has 2 rings (SSSR count). The third-order valence-electron chi connectivity index (χ3n) is 2.05. The third kappa shape index (κ3) is 2.09. The van der Waals surface area contributed by atoms with Crippen molar-refractivity contribution in [1.29, 1.82) is 5.26 Å². The minimum atomic E-state index is 0.449. The monoisotopic (exact) mass is 214 g/mol. The van der Waals surface area contributed by atoms with E-state index in [0.717, 1.165) is 5.69 Å². The number of nitrogens with two attached hydrogens (primary N) is 1. The van der Waals surface area contributed by atoms with Crippen LogP contribution >= 0.6 is 0 Å². The van der Waals surface area contributed by atoms with E-state index in [0.29, 0.717) is 23.6 Å². The summed E-state index contributed by atoms with van der Waals surface area (Å²) < 4.78 is 0. The molecule has 0 bridgehead atoms. The van der Waals surface area contributed by atoms with Crippen molar-refractivity contribution in [2.45, 2.75) is 6.54 Å². The molecule has 0 radical (unpaired) electrons. The molecule has 0 aliphatic heterocycles. The van der Waals surface area contributed by atoms with Crippen LogP contribution in [0.25, 0.3) is 0 Å². The number of nitriles is 1. The van der Waals surface area contributed by atoms with E-state index >= 15 is 0 Å². The molecule has 4 N–H and O–H groups in total. The zero-order valence-corrected chi connectivity index (χ0v) is 8.44. The number of aromatic amines is 1. The van der Waals surface area contributed by atoms with Crippen LogP contribution in [0.2, 0.25) is 0 Å². The topological polar surface area (TPSA) is 103 Å². The average molecular weight is 214 g/mol. The second kappa shape index (κ2) is 4.31. The van der Waals surface area contributed by atoms with Crippen LogP contribution in [0.3, 0.4) is 0 Å². The second-order valence-electron chi connectivity index (χ2n) is 3.20. The molecule has 0 aliphatic rings. The molecule has 2 heterocycles. The molecule has 0 unspecified atom stereocenters. The standard InChI is InChI=1S/C10H10N6/c11-2-7-1-9(12)10(14-3-7)15-5-8-4-13-6-16-8/h1,3-4,6H,5,12H2,(H,13,16)(H,14,15). The highest BCUT2D eigenvalue weighted by atomic mass is 15.0.